The first-order valence-electron chi connectivity index (χ1n) is 7.76. The first-order chi connectivity index (χ1) is 12.4. The summed E-state index contributed by atoms with van der Waals surface area (Å²) in [7, 11) is 3.02. The number of nitrogens with one attached hydrogen (secondary N) is 2. The van der Waals surface area contributed by atoms with Gasteiger partial charge in [0.05, 0.1) is 19.8 Å². The Hall–Kier alpha value is -3.09. The highest BCUT2D eigenvalue weighted by atomic mass is 19.1. The average Bonchev–Trinajstić information content (AvgIpc) is 2.61. The standard InChI is InChI=1S/C19H17F3N2O2/c1-10-18(19-16(21)6-12(20)7-17(19)22)15(9-23-24-10)11-4-13(25-2)8-14(5-11)26-3/h4-9,23-24H,1-3H3. The third-order valence-electron chi connectivity index (χ3n) is 4.04. The Kier molecular flexibility index (Phi) is 4.79. The summed E-state index contributed by atoms with van der Waals surface area (Å²) in [6.45, 7) is 1.66. The molecule has 7 heteroatoms. The topological polar surface area (TPSA) is 42.5 Å². The fourth-order valence-corrected chi connectivity index (χ4v) is 2.85. The molecule has 26 heavy (non-hydrogen) atoms. The molecular formula is C19H17F3N2O2. The zero-order valence-electron chi connectivity index (χ0n) is 14.4. The van der Waals surface area contributed by atoms with Crippen molar-refractivity contribution in [2.75, 3.05) is 14.2 Å². The van der Waals surface area contributed by atoms with Gasteiger partial charge in [-0.1, -0.05) is 0 Å². The Bertz CT molecular complexity index is 878. The molecule has 0 saturated heterocycles. The third-order valence-corrected chi connectivity index (χ3v) is 4.04. The Balaban J connectivity index is 2.21. The van der Waals surface area contributed by atoms with Crippen molar-refractivity contribution in [3.05, 3.63) is 70.8 Å². The van der Waals surface area contributed by atoms with E-state index in [4.69, 9.17) is 9.47 Å². The van der Waals surface area contributed by atoms with Crippen molar-refractivity contribution in [3.8, 4) is 11.5 Å². The van der Waals surface area contributed by atoms with Gasteiger partial charge in [0.1, 0.15) is 29.0 Å². The van der Waals surface area contributed by atoms with Crippen molar-refractivity contribution < 1.29 is 22.6 Å². The van der Waals surface area contributed by atoms with E-state index in [0.29, 0.717) is 40.5 Å². The van der Waals surface area contributed by atoms with Gasteiger partial charge in [-0.2, -0.15) is 0 Å². The van der Waals surface area contributed by atoms with Gasteiger partial charge in [-0.3, -0.25) is 0 Å². The summed E-state index contributed by atoms with van der Waals surface area (Å²) < 4.78 is 52.7. The van der Waals surface area contributed by atoms with Crippen LogP contribution < -0.4 is 20.3 Å². The summed E-state index contributed by atoms with van der Waals surface area (Å²) in [5.74, 6) is -1.90. The molecule has 2 N–H and O–H groups in total. The lowest BCUT2D eigenvalue weighted by Gasteiger charge is -2.24. The lowest BCUT2D eigenvalue weighted by atomic mass is 9.90. The van der Waals surface area contributed by atoms with E-state index in [-0.39, 0.29) is 11.1 Å². The third kappa shape index (κ3) is 3.20. The smallest absolute Gasteiger partial charge is 0.136 e. The maximum absolute atomic E-state index is 14.4. The van der Waals surface area contributed by atoms with Gasteiger partial charge < -0.3 is 20.3 Å². The minimum atomic E-state index is -0.985. The van der Waals surface area contributed by atoms with E-state index in [9.17, 15) is 13.2 Å². The number of hydrazine groups is 1. The van der Waals surface area contributed by atoms with Crippen LogP contribution in [-0.4, -0.2) is 14.2 Å². The first-order valence-corrected chi connectivity index (χ1v) is 7.76. The van der Waals surface area contributed by atoms with Crippen molar-refractivity contribution in [1.29, 1.82) is 0 Å². The second kappa shape index (κ2) is 7.03. The fraction of sp³-hybridized carbons (Fsp3) is 0.158. The Morgan fingerprint density at radius 1 is 0.846 bits per heavy atom. The molecule has 0 spiro atoms. The van der Waals surface area contributed by atoms with Crippen molar-refractivity contribution in [1.82, 2.24) is 10.9 Å². The number of halogens is 3. The summed E-state index contributed by atoms with van der Waals surface area (Å²) in [6.07, 6.45) is 1.57. The van der Waals surface area contributed by atoms with Crippen LogP contribution in [0.25, 0.3) is 11.1 Å². The summed E-state index contributed by atoms with van der Waals surface area (Å²) in [6, 6.07) is 6.44. The lowest BCUT2D eigenvalue weighted by molar-refractivity contribution is 0.394. The largest absolute Gasteiger partial charge is 0.497 e. The predicted octanol–water partition coefficient (Wildman–Crippen LogP) is 4.00. The molecule has 2 aromatic rings. The van der Waals surface area contributed by atoms with Crippen LogP contribution in [0.4, 0.5) is 13.2 Å². The monoisotopic (exact) mass is 362 g/mol. The van der Waals surface area contributed by atoms with Gasteiger partial charge >= 0.3 is 0 Å². The van der Waals surface area contributed by atoms with Crippen LogP contribution in [0.2, 0.25) is 0 Å². The molecular weight excluding hydrogens is 345 g/mol. The molecule has 0 atom stereocenters. The maximum atomic E-state index is 14.4. The van der Waals surface area contributed by atoms with Crippen molar-refractivity contribution in [3.63, 3.8) is 0 Å². The summed E-state index contributed by atoms with van der Waals surface area (Å²) in [4.78, 5) is 0. The number of rotatable bonds is 4. The molecule has 0 aromatic heterocycles. The van der Waals surface area contributed by atoms with E-state index in [2.05, 4.69) is 10.9 Å². The van der Waals surface area contributed by atoms with E-state index in [0.717, 1.165) is 0 Å². The van der Waals surface area contributed by atoms with Crippen LogP contribution >= 0.6 is 0 Å². The highest BCUT2D eigenvalue weighted by Gasteiger charge is 2.24. The van der Waals surface area contributed by atoms with Crippen molar-refractivity contribution in [2.24, 2.45) is 0 Å². The van der Waals surface area contributed by atoms with Crippen LogP contribution in [0.3, 0.4) is 0 Å². The second-order valence-corrected chi connectivity index (χ2v) is 5.67. The van der Waals surface area contributed by atoms with Crippen LogP contribution in [0.1, 0.15) is 18.1 Å². The van der Waals surface area contributed by atoms with Crippen LogP contribution in [0.5, 0.6) is 11.5 Å². The van der Waals surface area contributed by atoms with E-state index in [1.165, 1.54) is 14.2 Å². The minimum Gasteiger partial charge on any atom is -0.497 e. The number of hydrogen-bond acceptors (Lipinski definition) is 4. The number of allylic oxidation sites excluding steroid dienone is 3. The number of benzene rings is 2. The lowest BCUT2D eigenvalue weighted by Crippen LogP contribution is -2.30. The van der Waals surface area contributed by atoms with E-state index >= 15 is 0 Å². The molecule has 0 radical (unpaired) electrons. The average molecular weight is 362 g/mol. The van der Waals surface area contributed by atoms with Crippen molar-refractivity contribution >= 4 is 11.1 Å². The number of hydrogen-bond donors (Lipinski definition) is 2. The summed E-state index contributed by atoms with van der Waals surface area (Å²) in [5.41, 5.74) is 7.22. The molecule has 1 aliphatic rings. The van der Waals surface area contributed by atoms with E-state index < -0.39 is 17.5 Å². The summed E-state index contributed by atoms with van der Waals surface area (Å²) in [5, 5.41) is 0. The van der Waals surface area contributed by atoms with Gasteiger partial charge in [0.25, 0.3) is 0 Å². The second-order valence-electron chi connectivity index (χ2n) is 5.67. The summed E-state index contributed by atoms with van der Waals surface area (Å²) >= 11 is 0. The molecule has 1 aliphatic heterocycles. The molecule has 3 rings (SSSR count). The highest BCUT2D eigenvalue weighted by Crippen LogP contribution is 2.39. The fourth-order valence-electron chi connectivity index (χ4n) is 2.85. The van der Waals surface area contributed by atoms with Crippen LogP contribution in [0, 0.1) is 17.5 Å². The highest BCUT2D eigenvalue weighted by molar-refractivity contribution is 6.06. The van der Waals surface area contributed by atoms with Crippen molar-refractivity contribution in [2.45, 2.75) is 6.92 Å². The minimum absolute atomic E-state index is 0.272. The van der Waals surface area contributed by atoms with E-state index in [1.54, 1.807) is 31.3 Å². The number of ether oxygens (including phenoxy) is 2. The Morgan fingerprint density at radius 2 is 1.42 bits per heavy atom. The van der Waals surface area contributed by atoms with Gasteiger partial charge in [0.2, 0.25) is 0 Å². The predicted molar refractivity (Wildman–Crippen MR) is 92.7 cm³/mol. The van der Waals surface area contributed by atoms with Gasteiger partial charge in [-0.15, -0.1) is 0 Å². The molecule has 0 aliphatic carbocycles. The van der Waals surface area contributed by atoms with Crippen LogP contribution in [0.15, 0.2) is 42.2 Å². The molecule has 0 amide bonds. The zero-order chi connectivity index (χ0) is 18.8. The molecule has 0 fully saturated rings. The van der Waals surface area contributed by atoms with Gasteiger partial charge in [-0.25, -0.2) is 13.2 Å². The van der Waals surface area contributed by atoms with Gasteiger partial charge in [0.15, 0.2) is 0 Å². The molecule has 2 aromatic carbocycles. The van der Waals surface area contributed by atoms with E-state index in [1.807, 2.05) is 0 Å². The Morgan fingerprint density at radius 3 is 1.96 bits per heavy atom. The molecule has 0 unspecified atom stereocenters. The quantitative estimate of drug-likeness (QED) is 0.863. The first kappa shape index (κ1) is 17.7. The Labute approximate surface area is 148 Å². The zero-order valence-corrected chi connectivity index (χ0v) is 14.4. The molecule has 0 bridgehead atoms. The number of methoxy groups -OCH3 is 2. The molecule has 1 heterocycles. The van der Waals surface area contributed by atoms with Gasteiger partial charge in [-0.05, 0) is 24.6 Å². The molecule has 136 valence electrons. The maximum Gasteiger partial charge on any atom is 0.136 e. The van der Waals surface area contributed by atoms with Gasteiger partial charge in [0, 0.05) is 41.2 Å². The van der Waals surface area contributed by atoms with Crippen LogP contribution in [-0.2, 0) is 0 Å². The SMILES string of the molecule is COc1cc(OC)cc(C2=CNNC(C)=C2c2c(F)cc(F)cc2F)c1. The molecule has 4 nitrogen and oxygen atoms in total. The normalized spacial score (nSPS) is 13.7. The molecule has 0 saturated carbocycles.